The summed E-state index contributed by atoms with van der Waals surface area (Å²) in [6, 6.07) is 0. The highest BCUT2D eigenvalue weighted by Gasteiger charge is 2.61. The zero-order chi connectivity index (χ0) is 13.6. The molecule has 4 heteroatoms. The highest BCUT2D eigenvalue weighted by atomic mass is 16.6. The summed E-state index contributed by atoms with van der Waals surface area (Å²) in [7, 11) is 0. The van der Waals surface area contributed by atoms with Crippen LogP contribution in [0.1, 0.15) is 39.5 Å². The van der Waals surface area contributed by atoms with Crippen LogP contribution < -0.4 is 0 Å². The molecule has 0 bridgehead atoms. The molecule has 0 saturated carbocycles. The minimum absolute atomic E-state index is 0.0576. The van der Waals surface area contributed by atoms with Crippen molar-refractivity contribution in [2.75, 3.05) is 6.61 Å². The van der Waals surface area contributed by atoms with E-state index >= 15 is 0 Å². The van der Waals surface area contributed by atoms with Gasteiger partial charge in [-0.25, -0.2) is 0 Å². The Bertz CT molecular complexity index is 416. The highest BCUT2D eigenvalue weighted by molar-refractivity contribution is 5.75. The first-order valence-corrected chi connectivity index (χ1v) is 7.22. The van der Waals surface area contributed by atoms with E-state index in [1.165, 1.54) is 0 Å². The Kier molecular flexibility index (Phi) is 3.18. The molecule has 0 aromatic carbocycles. The first kappa shape index (κ1) is 13.1. The summed E-state index contributed by atoms with van der Waals surface area (Å²) < 4.78 is 11.4. The molecular formula is C15H22O4. The van der Waals surface area contributed by atoms with Crippen LogP contribution >= 0.6 is 0 Å². The lowest BCUT2D eigenvalue weighted by Crippen LogP contribution is -2.30. The third kappa shape index (κ3) is 2.21. The van der Waals surface area contributed by atoms with Crippen LogP contribution in [0, 0.1) is 11.8 Å². The molecule has 2 aliphatic heterocycles. The van der Waals surface area contributed by atoms with E-state index in [0.717, 1.165) is 31.3 Å². The first-order valence-electron chi connectivity index (χ1n) is 7.22. The number of esters is 1. The summed E-state index contributed by atoms with van der Waals surface area (Å²) >= 11 is 0. The van der Waals surface area contributed by atoms with E-state index in [1.807, 2.05) is 6.92 Å². The van der Waals surface area contributed by atoms with Crippen molar-refractivity contribution in [3.05, 3.63) is 11.6 Å². The lowest BCUT2D eigenvalue weighted by Gasteiger charge is -2.21. The number of carbonyl (C=O) groups is 1. The molecule has 0 unspecified atom stereocenters. The van der Waals surface area contributed by atoms with Crippen molar-refractivity contribution in [2.45, 2.75) is 57.3 Å². The summed E-state index contributed by atoms with van der Waals surface area (Å²) in [6.07, 6.45) is 5.69. The van der Waals surface area contributed by atoms with Gasteiger partial charge in [0.1, 0.15) is 12.2 Å². The van der Waals surface area contributed by atoms with Gasteiger partial charge in [0.25, 0.3) is 0 Å². The molecule has 106 valence electrons. The van der Waals surface area contributed by atoms with Gasteiger partial charge in [-0.15, -0.1) is 0 Å². The van der Waals surface area contributed by atoms with Gasteiger partial charge >= 0.3 is 5.97 Å². The van der Waals surface area contributed by atoms with Crippen molar-refractivity contribution in [3.8, 4) is 0 Å². The predicted octanol–water partition coefficient (Wildman–Crippen LogP) is 1.81. The average Bonchev–Trinajstić information content (AvgIpc) is 2.97. The Balaban J connectivity index is 1.84. The summed E-state index contributed by atoms with van der Waals surface area (Å²) in [6.45, 7) is 4.15. The average molecular weight is 266 g/mol. The number of rotatable bonds is 1. The molecule has 0 aromatic heterocycles. The third-order valence-corrected chi connectivity index (χ3v) is 5.00. The van der Waals surface area contributed by atoms with Gasteiger partial charge in [-0.1, -0.05) is 13.0 Å². The molecule has 2 heterocycles. The quantitative estimate of drug-likeness (QED) is 0.447. The minimum Gasteiger partial charge on any atom is -0.459 e. The number of hydrogen-bond acceptors (Lipinski definition) is 4. The van der Waals surface area contributed by atoms with E-state index in [1.54, 1.807) is 0 Å². The maximum atomic E-state index is 11.8. The SMILES string of the molecule is C[C@@H]1C(=O)O[C@H]2[C@H]1CC/C(CO)=C/CC[C@@]1(C)O[C@H]21. The van der Waals surface area contributed by atoms with Crippen molar-refractivity contribution in [1.82, 2.24) is 0 Å². The topological polar surface area (TPSA) is 59.1 Å². The van der Waals surface area contributed by atoms with Gasteiger partial charge in [0.15, 0.2) is 0 Å². The first-order chi connectivity index (χ1) is 9.05. The van der Waals surface area contributed by atoms with Crippen LogP contribution in [0.4, 0.5) is 0 Å². The number of hydrogen-bond donors (Lipinski definition) is 1. The third-order valence-electron chi connectivity index (χ3n) is 5.00. The zero-order valence-electron chi connectivity index (χ0n) is 11.6. The van der Waals surface area contributed by atoms with E-state index in [4.69, 9.17) is 9.47 Å². The van der Waals surface area contributed by atoms with E-state index < -0.39 is 0 Å². The largest absolute Gasteiger partial charge is 0.459 e. The molecule has 3 rings (SSSR count). The molecule has 3 aliphatic rings. The Hall–Kier alpha value is -0.870. The van der Waals surface area contributed by atoms with Crippen molar-refractivity contribution >= 4 is 5.97 Å². The van der Waals surface area contributed by atoms with Gasteiger partial charge in [-0.3, -0.25) is 4.79 Å². The van der Waals surface area contributed by atoms with E-state index in [9.17, 15) is 9.90 Å². The molecule has 0 aromatic rings. The van der Waals surface area contributed by atoms with Crippen LogP contribution in [0.15, 0.2) is 11.6 Å². The summed E-state index contributed by atoms with van der Waals surface area (Å²) in [5, 5.41) is 9.37. The van der Waals surface area contributed by atoms with Gasteiger partial charge in [-0.05, 0) is 38.2 Å². The van der Waals surface area contributed by atoms with Crippen molar-refractivity contribution in [3.63, 3.8) is 0 Å². The number of carbonyl (C=O) groups excluding carboxylic acids is 1. The van der Waals surface area contributed by atoms with Crippen LogP contribution in [0.2, 0.25) is 0 Å². The Morgan fingerprint density at radius 2 is 2.32 bits per heavy atom. The monoisotopic (exact) mass is 266 g/mol. The van der Waals surface area contributed by atoms with Gasteiger partial charge < -0.3 is 14.6 Å². The van der Waals surface area contributed by atoms with E-state index in [2.05, 4.69) is 13.0 Å². The van der Waals surface area contributed by atoms with E-state index in [-0.39, 0.29) is 42.2 Å². The maximum Gasteiger partial charge on any atom is 0.309 e. The number of aliphatic hydroxyl groups excluding tert-OH is 1. The van der Waals surface area contributed by atoms with Crippen LogP contribution in [0.5, 0.6) is 0 Å². The fourth-order valence-electron chi connectivity index (χ4n) is 3.52. The number of epoxide rings is 1. The Labute approximate surface area is 113 Å². The molecule has 2 fully saturated rings. The van der Waals surface area contributed by atoms with Crippen LogP contribution in [0.3, 0.4) is 0 Å². The lowest BCUT2D eigenvalue weighted by molar-refractivity contribution is -0.144. The second-order valence-corrected chi connectivity index (χ2v) is 6.30. The minimum atomic E-state index is -0.151. The van der Waals surface area contributed by atoms with Crippen LogP contribution in [-0.2, 0) is 14.3 Å². The van der Waals surface area contributed by atoms with Crippen molar-refractivity contribution in [2.24, 2.45) is 11.8 Å². The lowest BCUT2D eigenvalue weighted by atomic mass is 9.81. The Morgan fingerprint density at radius 3 is 3.05 bits per heavy atom. The molecule has 0 amide bonds. The molecule has 19 heavy (non-hydrogen) atoms. The zero-order valence-corrected chi connectivity index (χ0v) is 11.6. The van der Waals surface area contributed by atoms with Gasteiger partial charge in [0.05, 0.1) is 18.1 Å². The highest BCUT2D eigenvalue weighted by Crippen LogP contribution is 2.50. The molecule has 1 aliphatic carbocycles. The Morgan fingerprint density at radius 1 is 1.53 bits per heavy atom. The van der Waals surface area contributed by atoms with Gasteiger partial charge in [-0.2, -0.15) is 0 Å². The molecule has 5 atom stereocenters. The van der Waals surface area contributed by atoms with E-state index in [0.29, 0.717) is 0 Å². The summed E-state index contributed by atoms with van der Waals surface area (Å²) in [5.74, 6) is 0.0619. The van der Waals surface area contributed by atoms with Crippen LogP contribution in [-0.4, -0.2) is 35.5 Å². The number of allylic oxidation sites excluding steroid dienone is 1. The molecule has 1 N–H and O–H groups in total. The fourth-order valence-corrected chi connectivity index (χ4v) is 3.52. The fraction of sp³-hybridized carbons (Fsp3) is 0.800. The normalized spacial score (nSPS) is 48.6. The summed E-state index contributed by atoms with van der Waals surface area (Å²) in [5.41, 5.74) is 0.926. The van der Waals surface area contributed by atoms with Gasteiger partial charge in [0.2, 0.25) is 0 Å². The second kappa shape index (κ2) is 4.60. The number of fused-ring (bicyclic) bond motifs is 3. The molecule has 4 nitrogen and oxygen atoms in total. The summed E-state index contributed by atoms with van der Waals surface area (Å²) in [4.78, 5) is 11.8. The van der Waals surface area contributed by atoms with Crippen LogP contribution in [0.25, 0.3) is 0 Å². The van der Waals surface area contributed by atoms with Crippen molar-refractivity contribution in [1.29, 1.82) is 0 Å². The van der Waals surface area contributed by atoms with Crippen molar-refractivity contribution < 1.29 is 19.4 Å². The predicted molar refractivity (Wildman–Crippen MR) is 69.4 cm³/mol. The molecular weight excluding hydrogens is 244 g/mol. The smallest absolute Gasteiger partial charge is 0.309 e. The molecule has 0 radical (unpaired) electrons. The maximum absolute atomic E-state index is 11.8. The standard InChI is InChI=1S/C15H22O4/c1-9-11-6-5-10(8-16)4-3-7-15(2)13(19-15)12(11)18-14(9)17/h4,9,11-13,16H,3,5-8H2,1-2H3/b10-4-/t9-,11-,12-,13+,15+/m0/s1. The van der Waals surface area contributed by atoms with Gasteiger partial charge in [0, 0.05) is 5.92 Å². The second-order valence-electron chi connectivity index (χ2n) is 6.30. The number of ether oxygens (including phenoxy) is 2. The number of aliphatic hydroxyl groups is 1. The molecule has 2 saturated heterocycles. The molecule has 0 spiro atoms.